The van der Waals surface area contributed by atoms with Crippen molar-refractivity contribution in [2.75, 3.05) is 13.2 Å². The molecule has 0 unspecified atom stereocenters. The van der Waals surface area contributed by atoms with Gasteiger partial charge in [0.05, 0.1) is 11.7 Å². The molecular weight excluding hydrogens is 302 g/mol. The maximum absolute atomic E-state index is 11.4. The summed E-state index contributed by atoms with van der Waals surface area (Å²) < 4.78 is 30.0. The van der Waals surface area contributed by atoms with Crippen LogP contribution in [-0.2, 0) is 13.8 Å². The summed E-state index contributed by atoms with van der Waals surface area (Å²) in [7, 11) is 1.58. The van der Waals surface area contributed by atoms with E-state index in [9.17, 15) is 8.42 Å². The van der Waals surface area contributed by atoms with Crippen LogP contribution in [0, 0.1) is 6.92 Å². The lowest BCUT2D eigenvalue weighted by Crippen LogP contribution is -2.20. The lowest BCUT2D eigenvalue weighted by atomic mass is 10.1. The standard InChI is InChI=1S/C12H14ClN3O3S/c1-8-11-6-10(20(13,17)18)7-14-12(11)16(15-8)9-2-4-19-5-3-9/h6-7,9H,2-5H2,1H3. The third-order valence-electron chi connectivity index (χ3n) is 3.52. The largest absolute Gasteiger partial charge is 0.381 e. The molecule has 108 valence electrons. The number of pyridine rings is 1. The third-order valence-corrected chi connectivity index (χ3v) is 4.85. The molecule has 0 aliphatic carbocycles. The van der Waals surface area contributed by atoms with Crippen LogP contribution in [-0.4, -0.2) is 36.4 Å². The molecule has 2 aromatic heterocycles. The van der Waals surface area contributed by atoms with Crippen molar-refractivity contribution in [1.29, 1.82) is 0 Å². The van der Waals surface area contributed by atoms with Crippen LogP contribution in [0.25, 0.3) is 11.0 Å². The smallest absolute Gasteiger partial charge is 0.262 e. The Morgan fingerprint density at radius 3 is 2.75 bits per heavy atom. The Morgan fingerprint density at radius 2 is 2.10 bits per heavy atom. The summed E-state index contributed by atoms with van der Waals surface area (Å²) in [5.74, 6) is 0. The Kier molecular flexibility index (Phi) is 3.43. The zero-order chi connectivity index (χ0) is 14.3. The molecule has 0 radical (unpaired) electrons. The summed E-state index contributed by atoms with van der Waals surface area (Å²) >= 11 is 0. The van der Waals surface area contributed by atoms with Crippen LogP contribution in [0.2, 0.25) is 0 Å². The van der Waals surface area contributed by atoms with Crippen LogP contribution < -0.4 is 0 Å². The molecule has 0 spiro atoms. The second kappa shape index (κ2) is 4.98. The van der Waals surface area contributed by atoms with Crippen molar-refractivity contribution in [2.45, 2.75) is 30.7 Å². The lowest BCUT2D eigenvalue weighted by molar-refractivity contribution is 0.0672. The van der Waals surface area contributed by atoms with Crippen molar-refractivity contribution in [2.24, 2.45) is 0 Å². The third kappa shape index (κ3) is 2.41. The quantitative estimate of drug-likeness (QED) is 0.793. The van der Waals surface area contributed by atoms with Crippen LogP contribution in [0.4, 0.5) is 0 Å². The molecule has 0 saturated carbocycles. The van der Waals surface area contributed by atoms with Crippen LogP contribution in [0.3, 0.4) is 0 Å². The predicted molar refractivity (Wildman–Crippen MR) is 74.4 cm³/mol. The highest BCUT2D eigenvalue weighted by atomic mass is 35.7. The molecule has 8 heteroatoms. The topological polar surface area (TPSA) is 74.1 Å². The number of nitrogens with zero attached hydrogens (tertiary/aromatic N) is 3. The van der Waals surface area contributed by atoms with Gasteiger partial charge in [0.1, 0.15) is 4.90 Å². The number of halogens is 1. The number of hydrogen-bond acceptors (Lipinski definition) is 5. The van der Waals surface area contributed by atoms with Gasteiger partial charge in [-0.2, -0.15) is 5.10 Å². The fraction of sp³-hybridized carbons (Fsp3) is 0.500. The second-order valence-electron chi connectivity index (χ2n) is 4.85. The van der Waals surface area contributed by atoms with Crippen molar-refractivity contribution in [3.8, 4) is 0 Å². The molecule has 1 fully saturated rings. The summed E-state index contributed by atoms with van der Waals surface area (Å²) in [5.41, 5.74) is 1.44. The van der Waals surface area contributed by atoms with E-state index in [2.05, 4.69) is 10.1 Å². The zero-order valence-corrected chi connectivity index (χ0v) is 12.5. The molecule has 3 rings (SSSR count). The highest BCUT2D eigenvalue weighted by Crippen LogP contribution is 2.27. The molecule has 3 heterocycles. The highest BCUT2D eigenvalue weighted by molar-refractivity contribution is 8.13. The Balaban J connectivity index is 2.12. The average Bonchev–Trinajstić information content (AvgIpc) is 2.76. The summed E-state index contributed by atoms with van der Waals surface area (Å²) in [6.07, 6.45) is 3.04. The summed E-state index contributed by atoms with van der Waals surface area (Å²) in [6, 6.07) is 1.77. The van der Waals surface area contributed by atoms with E-state index < -0.39 is 9.05 Å². The van der Waals surface area contributed by atoms with Gasteiger partial charge >= 0.3 is 0 Å². The molecule has 0 bridgehead atoms. The van der Waals surface area contributed by atoms with E-state index >= 15 is 0 Å². The Morgan fingerprint density at radius 1 is 1.40 bits per heavy atom. The molecule has 2 aromatic rings. The van der Waals surface area contributed by atoms with E-state index in [4.69, 9.17) is 15.4 Å². The van der Waals surface area contributed by atoms with Crippen molar-refractivity contribution in [1.82, 2.24) is 14.8 Å². The highest BCUT2D eigenvalue weighted by Gasteiger charge is 2.22. The van der Waals surface area contributed by atoms with Crippen molar-refractivity contribution in [3.63, 3.8) is 0 Å². The molecule has 1 saturated heterocycles. The first-order valence-corrected chi connectivity index (χ1v) is 8.65. The molecule has 1 aliphatic heterocycles. The summed E-state index contributed by atoms with van der Waals surface area (Å²) in [5, 5.41) is 5.22. The monoisotopic (exact) mass is 315 g/mol. The second-order valence-corrected chi connectivity index (χ2v) is 7.42. The van der Waals surface area contributed by atoms with E-state index in [1.807, 2.05) is 11.6 Å². The van der Waals surface area contributed by atoms with E-state index in [0.29, 0.717) is 18.9 Å². The number of aromatic nitrogens is 3. The van der Waals surface area contributed by atoms with Gasteiger partial charge < -0.3 is 4.74 Å². The molecule has 0 amide bonds. The Bertz CT molecular complexity index is 751. The molecule has 0 atom stereocenters. The van der Waals surface area contributed by atoms with Crippen molar-refractivity contribution < 1.29 is 13.2 Å². The average molecular weight is 316 g/mol. The van der Waals surface area contributed by atoms with Crippen LogP contribution in [0.5, 0.6) is 0 Å². The van der Waals surface area contributed by atoms with Gasteiger partial charge in [0.25, 0.3) is 9.05 Å². The molecule has 0 aromatic carbocycles. The Labute approximate surface area is 121 Å². The minimum atomic E-state index is -3.77. The van der Waals surface area contributed by atoms with Crippen LogP contribution in [0.1, 0.15) is 24.6 Å². The van der Waals surface area contributed by atoms with E-state index in [0.717, 1.165) is 23.9 Å². The fourth-order valence-corrected chi connectivity index (χ4v) is 3.16. The van der Waals surface area contributed by atoms with Gasteiger partial charge in [-0.1, -0.05) is 0 Å². The number of aryl methyl sites for hydroxylation is 1. The van der Waals surface area contributed by atoms with Gasteiger partial charge in [-0.15, -0.1) is 0 Å². The van der Waals surface area contributed by atoms with Gasteiger partial charge in [0.15, 0.2) is 5.65 Å². The van der Waals surface area contributed by atoms with Crippen LogP contribution in [0.15, 0.2) is 17.2 Å². The van der Waals surface area contributed by atoms with Gasteiger partial charge in [-0.3, -0.25) is 0 Å². The van der Waals surface area contributed by atoms with E-state index in [1.54, 1.807) is 0 Å². The normalized spacial score (nSPS) is 17.7. The molecule has 1 aliphatic rings. The van der Waals surface area contributed by atoms with E-state index in [1.165, 1.54) is 12.3 Å². The van der Waals surface area contributed by atoms with Gasteiger partial charge in [-0.25, -0.2) is 18.1 Å². The minimum Gasteiger partial charge on any atom is -0.381 e. The first kappa shape index (κ1) is 13.8. The number of hydrogen-bond donors (Lipinski definition) is 0. The first-order chi connectivity index (χ1) is 9.47. The van der Waals surface area contributed by atoms with Gasteiger partial charge in [-0.05, 0) is 25.8 Å². The van der Waals surface area contributed by atoms with Gasteiger partial charge in [0.2, 0.25) is 0 Å². The fourth-order valence-electron chi connectivity index (χ4n) is 2.47. The summed E-state index contributed by atoms with van der Waals surface area (Å²) in [6.45, 7) is 3.25. The van der Waals surface area contributed by atoms with Crippen molar-refractivity contribution >= 4 is 30.8 Å². The Hall–Kier alpha value is -1.18. The minimum absolute atomic E-state index is 0.00120. The summed E-state index contributed by atoms with van der Waals surface area (Å²) in [4.78, 5) is 4.24. The van der Waals surface area contributed by atoms with E-state index in [-0.39, 0.29) is 10.9 Å². The molecule has 0 N–H and O–H groups in total. The SMILES string of the molecule is Cc1nn(C2CCOCC2)c2ncc(S(=O)(=O)Cl)cc12. The molecule has 20 heavy (non-hydrogen) atoms. The van der Waals surface area contributed by atoms with Crippen molar-refractivity contribution in [3.05, 3.63) is 18.0 Å². The number of ether oxygens (including phenoxy) is 1. The number of rotatable bonds is 2. The zero-order valence-electron chi connectivity index (χ0n) is 10.9. The first-order valence-electron chi connectivity index (χ1n) is 6.34. The maximum Gasteiger partial charge on any atom is 0.262 e. The molecular formula is C12H14ClN3O3S. The predicted octanol–water partition coefficient (Wildman–Crippen LogP) is 2.02. The maximum atomic E-state index is 11.4. The lowest BCUT2D eigenvalue weighted by Gasteiger charge is -2.22. The number of fused-ring (bicyclic) bond motifs is 1. The molecule has 6 nitrogen and oxygen atoms in total. The van der Waals surface area contributed by atoms with Crippen LogP contribution >= 0.6 is 10.7 Å². The van der Waals surface area contributed by atoms with Gasteiger partial charge in [0, 0.05) is 35.5 Å².